The molecule has 2 unspecified atom stereocenters. The van der Waals surface area contributed by atoms with Gasteiger partial charge in [0.1, 0.15) is 11.5 Å². The van der Waals surface area contributed by atoms with Crippen molar-refractivity contribution >= 4 is 73.8 Å². The highest BCUT2D eigenvalue weighted by Gasteiger charge is 2.17. The van der Waals surface area contributed by atoms with Gasteiger partial charge in [-0.05, 0) is 94.8 Å². The number of fused-ring (bicyclic) bond motifs is 9. The van der Waals surface area contributed by atoms with E-state index in [4.69, 9.17) is 9.47 Å². The molecule has 6 rings (SSSR count). The Kier molecular flexibility index (Phi) is 9.21. The minimum Gasteiger partial charge on any atom is -0.493 e. The largest absolute Gasteiger partial charge is 0.493 e. The molecule has 0 bridgehead atoms. The van der Waals surface area contributed by atoms with Gasteiger partial charge in [-0.1, -0.05) is 78.4 Å². The van der Waals surface area contributed by atoms with Crippen molar-refractivity contribution in [1.82, 2.24) is 0 Å². The fraction of sp³-hybridized carbons (Fsp3) is 0.421. The van der Waals surface area contributed by atoms with E-state index in [9.17, 15) is 0 Å². The first-order chi connectivity index (χ1) is 20.6. The molecule has 220 valence electrons. The fourth-order valence-electron chi connectivity index (χ4n) is 6.26. The zero-order valence-corrected chi connectivity index (χ0v) is 27.3. The van der Waals surface area contributed by atoms with E-state index >= 15 is 0 Å². The Bertz CT molecular complexity index is 1680. The Labute approximate surface area is 258 Å². The molecule has 0 saturated carbocycles. The number of thiophene rings is 2. The molecular weight excluding hydrogens is 553 g/mol. The number of ether oxygens (including phenoxy) is 2. The second kappa shape index (κ2) is 13.2. The number of hydrogen-bond donors (Lipinski definition) is 0. The van der Waals surface area contributed by atoms with Gasteiger partial charge in [0, 0.05) is 20.2 Å². The SMILES string of the molecule is CCCCC(CC)COc1ccc2c(ccc3sc4c(sc5ccc6cc(OCC(CC)CCCC)ccc6c54)c32)c1. The third-order valence-corrected chi connectivity index (χ3v) is 11.5. The summed E-state index contributed by atoms with van der Waals surface area (Å²) < 4.78 is 18.1. The lowest BCUT2D eigenvalue weighted by Gasteiger charge is -2.16. The molecule has 42 heavy (non-hydrogen) atoms. The second-order valence-corrected chi connectivity index (χ2v) is 14.1. The number of rotatable bonds is 14. The van der Waals surface area contributed by atoms with Crippen LogP contribution in [0.1, 0.15) is 79.1 Å². The van der Waals surface area contributed by atoms with E-state index < -0.39 is 0 Å². The van der Waals surface area contributed by atoms with Gasteiger partial charge >= 0.3 is 0 Å². The van der Waals surface area contributed by atoms with Crippen LogP contribution < -0.4 is 9.47 Å². The molecule has 2 atom stereocenters. The fourth-order valence-corrected chi connectivity index (χ4v) is 9.01. The van der Waals surface area contributed by atoms with E-state index in [1.54, 1.807) is 0 Å². The van der Waals surface area contributed by atoms with Gasteiger partial charge in [0.15, 0.2) is 0 Å². The van der Waals surface area contributed by atoms with Crippen molar-refractivity contribution in [2.24, 2.45) is 11.8 Å². The van der Waals surface area contributed by atoms with E-state index in [1.165, 1.54) is 102 Å². The average Bonchev–Trinajstić information content (AvgIpc) is 3.57. The molecule has 0 aliphatic carbocycles. The molecule has 4 heteroatoms. The van der Waals surface area contributed by atoms with Gasteiger partial charge in [0.2, 0.25) is 0 Å². The van der Waals surface area contributed by atoms with Crippen molar-refractivity contribution in [3.8, 4) is 11.5 Å². The Morgan fingerprint density at radius 2 is 1.02 bits per heavy atom. The lowest BCUT2D eigenvalue weighted by molar-refractivity contribution is 0.233. The van der Waals surface area contributed by atoms with E-state index in [1.807, 2.05) is 22.7 Å². The van der Waals surface area contributed by atoms with Gasteiger partial charge < -0.3 is 9.47 Å². The molecule has 0 fully saturated rings. The standard InChI is InChI=1S/C38H44O2S2/c1-5-9-11-25(7-3)23-39-29-15-17-31-27(21-29)13-19-33-35(31)37-38(41-33)36-32-18-16-30(22-28(32)14-20-34(36)42-37)40-24-26(8-4)12-10-6-2/h13-22,25-26H,5-12,23-24H2,1-4H3. The first-order valence-electron chi connectivity index (χ1n) is 16.1. The lowest BCUT2D eigenvalue weighted by atomic mass is 10.0. The normalized spacial score (nSPS) is 13.5. The third-order valence-electron chi connectivity index (χ3n) is 9.05. The van der Waals surface area contributed by atoms with Crippen molar-refractivity contribution in [3.05, 3.63) is 60.7 Å². The molecule has 4 aromatic carbocycles. The van der Waals surface area contributed by atoms with Crippen molar-refractivity contribution in [2.75, 3.05) is 13.2 Å². The van der Waals surface area contributed by atoms with Crippen molar-refractivity contribution < 1.29 is 9.47 Å². The summed E-state index contributed by atoms with van der Waals surface area (Å²) in [5, 5.41) is 7.94. The summed E-state index contributed by atoms with van der Waals surface area (Å²) in [6.07, 6.45) is 9.91. The Balaban J connectivity index is 1.32. The Morgan fingerprint density at radius 1 is 0.571 bits per heavy atom. The highest BCUT2D eigenvalue weighted by atomic mass is 32.1. The van der Waals surface area contributed by atoms with Gasteiger partial charge in [-0.3, -0.25) is 0 Å². The maximum atomic E-state index is 6.30. The molecule has 2 nitrogen and oxygen atoms in total. The molecule has 2 heterocycles. The van der Waals surface area contributed by atoms with Gasteiger partial charge in [-0.2, -0.15) is 0 Å². The van der Waals surface area contributed by atoms with Crippen LogP contribution in [0.5, 0.6) is 11.5 Å². The molecule has 0 aliphatic heterocycles. The Morgan fingerprint density at radius 3 is 1.43 bits per heavy atom. The number of benzene rings is 4. The summed E-state index contributed by atoms with van der Waals surface area (Å²) in [4.78, 5) is 0. The monoisotopic (exact) mass is 596 g/mol. The number of unbranched alkanes of at least 4 members (excludes halogenated alkanes) is 2. The van der Waals surface area contributed by atoms with E-state index in [0.29, 0.717) is 11.8 Å². The molecule has 6 aromatic rings. The van der Waals surface area contributed by atoms with E-state index in [0.717, 1.165) is 24.7 Å². The molecule has 0 radical (unpaired) electrons. The molecule has 0 aliphatic rings. The van der Waals surface area contributed by atoms with Crippen molar-refractivity contribution in [2.45, 2.75) is 79.1 Å². The van der Waals surface area contributed by atoms with Crippen LogP contribution in [0.15, 0.2) is 60.7 Å². The minimum atomic E-state index is 0.634. The molecule has 0 saturated heterocycles. The highest BCUT2D eigenvalue weighted by Crippen LogP contribution is 2.48. The highest BCUT2D eigenvalue weighted by molar-refractivity contribution is 7.37. The summed E-state index contributed by atoms with van der Waals surface area (Å²) in [7, 11) is 0. The molecule has 0 amide bonds. The summed E-state index contributed by atoms with van der Waals surface area (Å²) in [5.41, 5.74) is 0. The quantitative estimate of drug-likeness (QED) is 0.124. The second-order valence-electron chi connectivity index (χ2n) is 12.0. The van der Waals surface area contributed by atoms with Crippen LogP contribution in [0.4, 0.5) is 0 Å². The van der Waals surface area contributed by atoms with Crippen LogP contribution >= 0.6 is 22.7 Å². The smallest absolute Gasteiger partial charge is 0.119 e. The van der Waals surface area contributed by atoms with Crippen LogP contribution in [0.3, 0.4) is 0 Å². The van der Waals surface area contributed by atoms with Crippen LogP contribution in [0.25, 0.3) is 51.1 Å². The summed E-state index contributed by atoms with van der Waals surface area (Å²) in [6.45, 7) is 10.7. The molecule has 2 aromatic heterocycles. The van der Waals surface area contributed by atoms with Crippen LogP contribution in [-0.4, -0.2) is 13.2 Å². The van der Waals surface area contributed by atoms with Gasteiger partial charge in [0.25, 0.3) is 0 Å². The van der Waals surface area contributed by atoms with Gasteiger partial charge in [0.05, 0.1) is 22.6 Å². The number of hydrogen-bond acceptors (Lipinski definition) is 4. The maximum absolute atomic E-state index is 6.30. The Hall–Kier alpha value is -2.82. The lowest BCUT2D eigenvalue weighted by Crippen LogP contribution is -2.11. The zero-order chi connectivity index (χ0) is 29.1. The predicted octanol–water partition coefficient (Wildman–Crippen LogP) is 12.8. The van der Waals surface area contributed by atoms with E-state index in [2.05, 4.69) is 88.4 Å². The zero-order valence-electron chi connectivity index (χ0n) is 25.6. The minimum absolute atomic E-state index is 0.634. The average molecular weight is 597 g/mol. The van der Waals surface area contributed by atoms with Crippen molar-refractivity contribution in [1.29, 1.82) is 0 Å². The first-order valence-corrected chi connectivity index (χ1v) is 17.8. The van der Waals surface area contributed by atoms with Gasteiger partial charge in [-0.25, -0.2) is 0 Å². The van der Waals surface area contributed by atoms with Crippen LogP contribution in [0, 0.1) is 11.8 Å². The summed E-state index contributed by atoms with van der Waals surface area (Å²) in [6, 6.07) is 22.5. The maximum Gasteiger partial charge on any atom is 0.119 e. The molecule has 0 N–H and O–H groups in total. The third kappa shape index (κ3) is 5.85. The summed E-state index contributed by atoms with van der Waals surface area (Å²) in [5.74, 6) is 3.24. The van der Waals surface area contributed by atoms with Crippen LogP contribution in [-0.2, 0) is 0 Å². The van der Waals surface area contributed by atoms with Crippen LogP contribution in [0.2, 0.25) is 0 Å². The molecule has 0 spiro atoms. The predicted molar refractivity (Wildman–Crippen MR) is 187 cm³/mol. The summed E-state index contributed by atoms with van der Waals surface area (Å²) >= 11 is 3.87. The topological polar surface area (TPSA) is 18.5 Å². The first kappa shape index (κ1) is 29.3. The van der Waals surface area contributed by atoms with Crippen molar-refractivity contribution in [3.63, 3.8) is 0 Å². The van der Waals surface area contributed by atoms with E-state index in [-0.39, 0.29) is 0 Å². The van der Waals surface area contributed by atoms with Gasteiger partial charge in [-0.15, -0.1) is 22.7 Å². The molecular formula is C38H44O2S2.